The van der Waals surface area contributed by atoms with Crippen LogP contribution in [0.2, 0.25) is 0 Å². The maximum absolute atomic E-state index is 10.8. The Morgan fingerprint density at radius 3 is 2.73 bits per heavy atom. The van der Waals surface area contributed by atoms with E-state index in [1.54, 1.807) is 0 Å². The molecule has 0 aromatic carbocycles. The zero-order chi connectivity index (χ0) is 8.48. The molecule has 6 heteroatoms. The molecule has 0 unspecified atom stereocenters. The van der Waals surface area contributed by atoms with Crippen molar-refractivity contribution in [2.75, 3.05) is 5.75 Å². The molecule has 1 aliphatic rings. The average Bonchev–Trinajstić information content (AvgIpc) is 2.08. The lowest BCUT2D eigenvalue weighted by molar-refractivity contribution is -0.110. The molecule has 0 aromatic heterocycles. The summed E-state index contributed by atoms with van der Waals surface area (Å²) in [6, 6.07) is 0. The van der Waals surface area contributed by atoms with Crippen LogP contribution < -0.4 is 11.1 Å². The lowest BCUT2D eigenvalue weighted by atomic mass is 10.5. The Labute approximate surface area is 69.3 Å². The van der Waals surface area contributed by atoms with Crippen molar-refractivity contribution in [1.82, 2.24) is 0 Å². The Hall–Kier alpha value is -0.490. The molecule has 0 radical (unpaired) electrons. The fourth-order valence-electron chi connectivity index (χ4n) is 0.787. The maximum Gasteiger partial charge on any atom is 0.304 e. The van der Waals surface area contributed by atoms with Crippen molar-refractivity contribution >= 4 is 26.8 Å². The Balaban J connectivity index is 2.71. The summed E-state index contributed by atoms with van der Waals surface area (Å²) in [4.78, 5) is 0.727. The number of nitrogens with two attached hydrogens (primary N) is 2. The second kappa shape index (κ2) is 2.86. The Morgan fingerprint density at radius 2 is 2.36 bits per heavy atom. The molecule has 0 spiro atoms. The van der Waals surface area contributed by atoms with Crippen LogP contribution in [0, 0.1) is 0 Å². The summed E-state index contributed by atoms with van der Waals surface area (Å²) in [7, 11) is -2.95. The third-order valence-corrected chi connectivity index (χ3v) is 3.58. The van der Waals surface area contributed by atoms with Crippen LogP contribution in [-0.2, 0) is 9.84 Å². The number of thioether (sulfide) groups is 1. The molecule has 4 nitrogen and oxygen atoms in total. The van der Waals surface area contributed by atoms with E-state index in [2.05, 4.69) is 0 Å². The molecule has 0 aliphatic carbocycles. The van der Waals surface area contributed by atoms with Crippen LogP contribution in [0.3, 0.4) is 0 Å². The van der Waals surface area contributed by atoms with E-state index in [9.17, 15) is 8.42 Å². The smallest absolute Gasteiger partial charge is 0.281 e. The highest BCUT2D eigenvalue weighted by Gasteiger charge is 2.20. The van der Waals surface area contributed by atoms with Crippen molar-refractivity contribution in [2.45, 2.75) is 6.42 Å². The van der Waals surface area contributed by atoms with Crippen molar-refractivity contribution in [2.24, 2.45) is 5.73 Å². The van der Waals surface area contributed by atoms with E-state index in [1.807, 2.05) is 0 Å². The van der Waals surface area contributed by atoms with Crippen LogP contribution in [0.5, 0.6) is 0 Å². The molecule has 0 saturated heterocycles. The van der Waals surface area contributed by atoms with Gasteiger partial charge in [0.15, 0.2) is 9.84 Å². The Bertz CT molecular complexity index is 304. The second-order valence-electron chi connectivity index (χ2n) is 2.21. The minimum absolute atomic E-state index is 0.183. The molecule has 0 fully saturated rings. The molecule has 4 N–H and O–H groups in total. The SMILES string of the molecule is NC(=[NH2+])SC1=CS(=O)(=O)CC1. The number of sulfone groups is 1. The van der Waals surface area contributed by atoms with Gasteiger partial charge in [-0.2, -0.15) is 0 Å². The number of hydrogen-bond acceptors (Lipinski definition) is 3. The van der Waals surface area contributed by atoms with Crippen molar-refractivity contribution in [3.05, 3.63) is 10.3 Å². The fourth-order valence-corrected chi connectivity index (χ4v) is 3.20. The number of rotatable bonds is 1. The largest absolute Gasteiger partial charge is 0.304 e. The zero-order valence-electron chi connectivity index (χ0n) is 5.78. The van der Waals surface area contributed by atoms with Crippen molar-refractivity contribution in [1.29, 1.82) is 0 Å². The maximum atomic E-state index is 10.8. The van der Waals surface area contributed by atoms with Crippen LogP contribution in [0.1, 0.15) is 6.42 Å². The predicted octanol–water partition coefficient (Wildman–Crippen LogP) is -1.55. The van der Waals surface area contributed by atoms with Crippen molar-refractivity contribution in [3.63, 3.8) is 0 Å². The molecule has 0 bridgehead atoms. The van der Waals surface area contributed by atoms with Gasteiger partial charge in [-0.05, 0) is 18.2 Å². The lowest BCUT2D eigenvalue weighted by Gasteiger charge is -1.89. The van der Waals surface area contributed by atoms with Crippen molar-refractivity contribution < 1.29 is 13.8 Å². The molecule has 62 valence electrons. The Morgan fingerprint density at radius 1 is 1.73 bits per heavy atom. The number of hydrogen-bond donors (Lipinski definition) is 2. The number of amidine groups is 1. The minimum atomic E-state index is -2.95. The van der Waals surface area contributed by atoms with Crippen LogP contribution in [0.15, 0.2) is 10.3 Å². The van der Waals surface area contributed by atoms with Gasteiger partial charge in [0, 0.05) is 10.3 Å². The monoisotopic (exact) mass is 193 g/mol. The summed E-state index contributed by atoms with van der Waals surface area (Å²) in [5.41, 5.74) is 5.18. The summed E-state index contributed by atoms with van der Waals surface area (Å²) < 4.78 is 21.7. The molecule has 0 saturated carbocycles. The van der Waals surface area contributed by atoms with Crippen LogP contribution >= 0.6 is 11.8 Å². The van der Waals surface area contributed by atoms with Gasteiger partial charge in [0.05, 0.1) is 5.75 Å². The van der Waals surface area contributed by atoms with E-state index in [0.717, 1.165) is 16.7 Å². The molecule has 0 aromatic rings. The summed E-state index contributed by atoms with van der Waals surface area (Å²) in [5, 5.41) is 6.60. The summed E-state index contributed by atoms with van der Waals surface area (Å²) in [6.45, 7) is 0. The van der Waals surface area contributed by atoms with E-state index >= 15 is 0 Å². The third kappa shape index (κ3) is 2.55. The van der Waals surface area contributed by atoms with Crippen LogP contribution in [0.25, 0.3) is 0 Å². The first kappa shape index (κ1) is 8.61. The predicted molar refractivity (Wildman–Crippen MR) is 45.2 cm³/mol. The van der Waals surface area contributed by atoms with Gasteiger partial charge in [-0.3, -0.25) is 11.1 Å². The highest BCUT2D eigenvalue weighted by atomic mass is 32.2. The summed E-state index contributed by atoms with van der Waals surface area (Å²) >= 11 is 1.12. The van der Waals surface area contributed by atoms with Gasteiger partial charge in [-0.1, -0.05) is 0 Å². The first-order chi connectivity index (χ1) is 4.99. The molecule has 0 atom stereocenters. The van der Waals surface area contributed by atoms with Crippen LogP contribution in [0.4, 0.5) is 0 Å². The van der Waals surface area contributed by atoms with E-state index < -0.39 is 9.84 Å². The third-order valence-electron chi connectivity index (χ3n) is 1.19. The summed E-state index contributed by atoms with van der Waals surface area (Å²) in [6.07, 6.45) is 0.533. The normalized spacial score (nSPS) is 21.3. The number of allylic oxidation sites excluding steroid dienone is 1. The first-order valence-electron chi connectivity index (χ1n) is 2.99. The Kier molecular flexibility index (Phi) is 2.24. The lowest BCUT2D eigenvalue weighted by Crippen LogP contribution is -2.43. The highest BCUT2D eigenvalue weighted by molar-refractivity contribution is 8.17. The molecular weight excluding hydrogens is 184 g/mol. The van der Waals surface area contributed by atoms with Gasteiger partial charge in [-0.25, -0.2) is 8.42 Å². The van der Waals surface area contributed by atoms with Gasteiger partial charge in [0.2, 0.25) is 0 Å². The first-order valence-corrected chi connectivity index (χ1v) is 5.52. The fraction of sp³-hybridized carbons (Fsp3) is 0.400. The standard InChI is InChI=1S/C5H8N2O2S2/c6-5(7)10-4-1-2-11(8,9)3-4/h3H,1-2H2,(H3,6,7)/p+1. The molecule has 1 heterocycles. The van der Waals surface area contributed by atoms with E-state index in [-0.39, 0.29) is 10.9 Å². The van der Waals surface area contributed by atoms with E-state index in [0.29, 0.717) is 6.42 Å². The topological polar surface area (TPSA) is 85.8 Å². The van der Waals surface area contributed by atoms with Gasteiger partial charge in [0.1, 0.15) is 0 Å². The van der Waals surface area contributed by atoms with Gasteiger partial charge >= 0.3 is 5.17 Å². The minimum Gasteiger partial charge on any atom is -0.281 e. The quantitative estimate of drug-likeness (QED) is 0.390. The molecule has 1 aliphatic heterocycles. The van der Waals surface area contributed by atoms with E-state index in [4.69, 9.17) is 11.1 Å². The van der Waals surface area contributed by atoms with Gasteiger partial charge in [-0.15, -0.1) is 0 Å². The van der Waals surface area contributed by atoms with Gasteiger partial charge in [0.25, 0.3) is 0 Å². The molecule has 11 heavy (non-hydrogen) atoms. The molecule has 1 rings (SSSR count). The van der Waals surface area contributed by atoms with Crippen molar-refractivity contribution in [3.8, 4) is 0 Å². The molecule has 0 amide bonds. The average molecular weight is 193 g/mol. The van der Waals surface area contributed by atoms with E-state index in [1.165, 1.54) is 5.41 Å². The van der Waals surface area contributed by atoms with Crippen LogP contribution in [-0.4, -0.2) is 19.3 Å². The molecular formula is C5H9N2O2S2+. The zero-order valence-corrected chi connectivity index (χ0v) is 7.41. The highest BCUT2D eigenvalue weighted by Crippen LogP contribution is 2.25. The second-order valence-corrected chi connectivity index (χ2v) is 5.38. The summed E-state index contributed by atoms with van der Waals surface area (Å²) in [5.74, 6) is 0.183. The van der Waals surface area contributed by atoms with Gasteiger partial charge < -0.3 is 0 Å².